The largest absolute Gasteiger partial charge is 0.369 e. The molecule has 72 valence electrons. The van der Waals surface area contributed by atoms with Gasteiger partial charge in [0.05, 0.1) is 6.54 Å². The van der Waals surface area contributed by atoms with Crippen molar-refractivity contribution in [3.8, 4) is 0 Å². The molecule has 0 amide bonds. The first kappa shape index (κ1) is 11.3. The highest BCUT2D eigenvalue weighted by atomic mass is 16.7. The standard InChI is InChI=1S/C6H16N4O2/c7-1-3-9-5-6(11)12-10-4-2-8/h9-10H,1-5,7-8H2. The minimum absolute atomic E-state index is 0.161. The molecule has 12 heavy (non-hydrogen) atoms. The van der Waals surface area contributed by atoms with E-state index in [0.717, 1.165) is 0 Å². The van der Waals surface area contributed by atoms with Crippen LogP contribution in [0, 0.1) is 0 Å². The van der Waals surface area contributed by atoms with Gasteiger partial charge < -0.3 is 21.6 Å². The van der Waals surface area contributed by atoms with Crippen molar-refractivity contribution in [3.63, 3.8) is 0 Å². The van der Waals surface area contributed by atoms with Crippen molar-refractivity contribution < 1.29 is 9.63 Å². The molecule has 0 unspecified atom stereocenters. The van der Waals surface area contributed by atoms with Crippen molar-refractivity contribution in [1.29, 1.82) is 0 Å². The third-order valence-corrected chi connectivity index (χ3v) is 1.02. The predicted molar refractivity (Wildman–Crippen MR) is 45.1 cm³/mol. The number of hydrogen-bond donors (Lipinski definition) is 4. The number of hydrogen-bond acceptors (Lipinski definition) is 6. The SMILES string of the molecule is NCCNCC(=O)ONCCN. The molecule has 0 bridgehead atoms. The fourth-order valence-corrected chi connectivity index (χ4v) is 0.519. The van der Waals surface area contributed by atoms with Crippen LogP contribution in [0.1, 0.15) is 0 Å². The first-order chi connectivity index (χ1) is 5.81. The Balaban J connectivity index is 3.10. The summed E-state index contributed by atoms with van der Waals surface area (Å²) < 4.78 is 0. The van der Waals surface area contributed by atoms with E-state index in [2.05, 4.69) is 15.6 Å². The Morgan fingerprint density at radius 3 is 2.50 bits per heavy atom. The van der Waals surface area contributed by atoms with Crippen LogP contribution in [0.2, 0.25) is 0 Å². The van der Waals surface area contributed by atoms with Gasteiger partial charge in [-0.1, -0.05) is 0 Å². The normalized spacial score (nSPS) is 9.83. The molecule has 0 rings (SSSR count). The van der Waals surface area contributed by atoms with Crippen LogP contribution in [-0.4, -0.2) is 38.7 Å². The first-order valence-corrected chi connectivity index (χ1v) is 3.84. The Morgan fingerprint density at radius 1 is 1.25 bits per heavy atom. The Kier molecular flexibility index (Phi) is 7.92. The van der Waals surface area contributed by atoms with Crippen LogP contribution in [-0.2, 0) is 9.63 Å². The Bertz CT molecular complexity index is 108. The summed E-state index contributed by atoms with van der Waals surface area (Å²) in [6, 6.07) is 0. The minimum Gasteiger partial charge on any atom is -0.369 e. The molecule has 0 aliphatic heterocycles. The molecule has 6 nitrogen and oxygen atoms in total. The molecule has 0 fully saturated rings. The van der Waals surface area contributed by atoms with Crippen LogP contribution in [0.5, 0.6) is 0 Å². The van der Waals surface area contributed by atoms with E-state index >= 15 is 0 Å². The van der Waals surface area contributed by atoms with Gasteiger partial charge in [-0.25, -0.2) is 4.79 Å². The summed E-state index contributed by atoms with van der Waals surface area (Å²) in [6.45, 7) is 2.16. The lowest BCUT2D eigenvalue weighted by Gasteiger charge is -2.04. The van der Waals surface area contributed by atoms with Gasteiger partial charge in [0.15, 0.2) is 0 Å². The molecule has 0 heterocycles. The van der Waals surface area contributed by atoms with E-state index in [1.54, 1.807) is 0 Å². The number of nitrogens with one attached hydrogen (secondary N) is 2. The molecule has 0 aliphatic carbocycles. The molecule has 0 aromatic heterocycles. The Labute approximate surface area is 71.6 Å². The lowest BCUT2D eigenvalue weighted by molar-refractivity contribution is -0.149. The molecule has 6 N–H and O–H groups in total. The molecular weight excluding hydrogens is 160 g/mol. The zero-order valence-corrected chi connectivity index (χ0v) is 7.01. The molecule has 6 heteroatoms. The maximum absolute atomic E-state index is 10.8. The van der Waals surface area contributed by atoms with Crippen LogP contribution >= 0.6 is 0 Å². The quantitative estimate of drug-likeness (QED) is 0.253. The summed E-state index contributed by atoms with van der Waals surface area (Å²) in [6.07, 6.45) is 0. The number of carbonyl (C=O) groups excluding carboxylic acids is 1. The summed E-state index contributed by atoms with van der Waals surface area (Å²) in [7, 11) is 0. The fraction of sp³-hybridized carbons (Fsp3) is 0.833. The van der Waals surface area contributed by atoms with Gasteiger partial charge in [0.1, 0.15) is 0 Å². The van der Waals surface area contributed by atoms with Crippen molar-refractivity contribution >= 4 is 5.97 Å². The molecular formula is C6H16N4O2. The van der Waals surface area contributed by atoms with Crippen LogP contribution < -0.4 is 22.3 Å². The van der Waals surface area contributed by atoms with Crippen LogP contribution in [0.3, 0.4) is 0 Å². The van der Waals surface area contributed by atoms with Gasteiger partial charge in [0.25, 0.3) is 0 Å². The third-order valence-electron chi connectivity index (χ3n) is 1.02. The Hall–Kier alpha value is -0.690. The topological polar surface area (TPSA) is 102 Å². The van der Waals surface area contributed by atoms with E-state index in [1.807, 2.05) is 0 Å². The van der Waals surface area contributed by atoms with E-state index in [1.165, 1.54) is 0 Å². The highest BCUT2D eigenvalue weighted by molar-refractivity contribution is 5.71. The van der Waals surface area contributed by atoms with E-state index in [9.17, 15) is 4.79 Å². The van der Waals surface area contributed by atoms with Gasteiger partial charge in [-0.15, -0.1) is 0 Å². The smallest absolute Gasteiger partial charge is 0.338 e. The van der Waals surface area contributed by atoms with E-state index in [4.69, 9.17) is 11.5 Å². The molecule has 0 saturated carbocycles. The lowest BCUT2D eigenvalue weighted by Crippen LogP contribution is -2.33. The van der Waals surface area contributed by atoms with E-state index < -0.39 is 0 Å². The lowest BCUT2D eigenvalue weighted by atomic mass is 10.6. The maximum Gasteiger partial charge on any atom is 0.338 e. The van der Waals surface area contributed by atoms with Crippen molar-refractivity contribution in [2.24, 2.45) is 11.5 Å². The maximum atomic E-state index is 10.8. The minimum atomic E-state index is -0.364. The summed E-state index contributed by atoms with van der Waals surface area (Å²) in [5.74, 6) is -0.364. The summed E-state index contributed by atoms with van der Waals surface area (Å²) in [4.78, 5) is 15.3. The molecule has 0 aliphatic rings. The van der Waals surface area contributed by atoms with Gasteiger partial charge in [0, 0.05) is 26.2 Å². The van der Waals surface area contributed by atoms with Crippen LogP contribution in [0.4, 0.5) is 0 Å². The van der Waals surface area contributed by atoms with Gasteiger partial charge in [0.2, 0.25) is 0 Å². The zero-order chi connectivity index (χ0) is 9.23. The van der Waals surface area contributed by atoms with Crippen LogP contribution in [0.25, 0.3) is 0 Å². The zero-order valence-electron chi connectivity index (χ0n) is 7.01. The highest BCUT2D eigenvalue weighted by Gasteiger charge is 1.99. The average Bonchev–Trinajstić information content (AvgIpc) is 2.06. The summed E-state index contributed by atoms with van der Waals surface area (Å²) in [5, 5.41) is 2.79. The van der Waals surface area contributed by atoms with Gasteiger partial charge in [-0.3, -0.25) is 0 Å². The second-order valence-electron chi connectivity index (χ2n) is 2.12. The second kappa shape index (κ2) is 8.41. The third kappa shape index (κ3) is 7.42. The summed E-state index contributed by atoms with van der Waals surface area (Å²) in [5.41, 5.74) is 12.8. The predicted octanol–water partition coefficient (Wildman–Crippen LogP) is -2.46. The summed E-state index contributed by atoms with van der Waals surface area (Å²) >= 11 is 0. The van der Waals surface area contributed by atoms with E-state index in [0.29, 0.717) is 26.2 Å². The van der Waals surface area contributed by atoms with Crippen LogP contribution in [0.15, 0.2) is 0 Å². The number of hydroxylamine groups is 1. The average molecular weight is 176 g/mol. The molecule has 0 radical (unpaired) electrons. The molecule has 0 spiro atoms. The monoisotopic (exact) mass is 176 g/mol. The number of nitrogens with two attached hydrogens (primary N) is 2. The van der Waals surface area contributed by atoms with Gasteiger partial charge in [-0.05, 0) is 0 Å². The second-order valence-corrected chi connectivity index (χ2v) is 2.12. The molecule has 0 saturated heterocycles. The first-order valence-electron chi connectivity index (χ1n) is 3.84. The van der Waals surface area contributed by atoms with E-state index in [-0.39, 0.29) is 12.5 Å². The van der Waals surface area contributed by atoms with Crippen molar-refractivity contribution in [3.05, 3.63) is 0 Å². The highest BCUT2D eigenvalue weighted by Crippen LogP contribution is 1.69. The number of rotatable bonds is 7. The molecule has 0 atom stereocenters. The van der Waals surface area contributed by atoms with Gasteiger partial charge in [-0.2, -0.15) is 5.48 Å². The van der Waals surface area contributed by atoms with Crippen molar-refractivity contribution in [2.45, 2.75) is 0 Å². The fourth-order valence-electron chi connectivity index (χ4n) is 0.519. The Morgan fingerprint density at radius 2 is 1.92 bits per heavy atom. The van der Waals surface area contributed by atoms with Gasteiger partial charge >= 0.3 is 5.97 Å². The molecule has 0 aromatic carbocycles. The number of carbonyl (C=O) groups is 1. The molecule has 0 aromatic rings. The van der Waals surface area contributed by atoms with Crippen molar-refractivity contribution in [2.75, 3.05) is 32.7 Å². The van der Waals surface area contributed by atoms with Crippen molar-refractivity contribution in [1.82, 2.24) is 10.8 Å².